The molecule has 1 saturated heterocycles. The van der Waals surface area contributed by atoms with E-state index >= 15 is 0 Å². The second-order valence-corrected chi connectivity index (χ2v) is 8.79. The molecule has 0 N–H and O–H groups in total. The molecule has 6 nitrogen and oxygen atoms in total. The molecule has 0 radical (unpaired) electrons. The van der Waals surface area contributed by atoms with Crippen molar-refractivity contribution in [3.05, 3.63) is 72.4 Å². The summed E-state index contributed by atoms with van der Waals surface area (Å²) in [6.07, 6.45) is 7.48. The van der Waals surface area contributed by atoms with E-state index in [1.54, 1.807) is 64.6 Å². The molecule has 1 unspecified atom stereocenters. The topological polar surface area (TPSA) is 68.1 Å². The Labute approximate surface area is 180 Å². The number of nitrogens with zero attached hydrogens (tertiary/aromatic N) is 4. The van der Waals surface area contributed by atoms with Gasteiger partial charge in [-0.3, -0.25) is 13.6 Å². The van der Waals surface area contributed by atoms with Gasteiger partial charge in [0.25, 0.3) is 5.91 Å². The molecule has 0 spiro atoms. The molecular weight excluding hydrogens is 415 g/mol. The summed E-state index contributed by atoms with van der Waals surface area (Å²) in [5.41, 5.74) is 2.26. The zero-order valence-corrected chi connectivity index (χ0v) is 17.6. The molecule has 8 heteroatoms. The summed E-state index contributed by atoms with van der Waals surface area (Å²) in [6.45, 7) is 1.53. The van der Waals surface area contributed by atoms with Crippen LogP contribution in [0.4, 0.5) is 4.39 Å². The van der Waals surface area contributed by atoms with Gasteiger partial charge in [-0.05, 0) is 24.6 Å². The first-order valence-electron chi connectivity index (χ1n) is 9.88. The zero-order chi connectivity index (χ0) is 21.5. The van der Waals surface area contributed by atoms with Crippen molar-refractivity contribution in [3.63, 3.8) is 0 Å². The Kier molecular flexibility index (Phi) is 4.86. The highest BCUT2D eigenvalue weighted by molar-refractivity contribution is 7.84. The summed E-state index contributed by atoms with van der Waals surface area (Å²) in [5.74, 6) is -0.00527. The lowest BCUT2D eigenvalue weighted by Gasteiger charge is -2.30. The van der Waals surface area contributed by atoms with Crippen molar-refractivity contribution in [3.8, 4) is 17.1 Å². The fraction of sp³-hybridized carbons (Fsp3) is 0.174. The van der Waals surface area contributed by atoms with E-state index in [4.69, 9.17) is 0 Å². The molecule has 0 bridgehead atoms. The molecule has 4 aromatic rings. The number of rotatable bonds is 4. The van der Waals surface area contributed by atoms with Crippen molar-refractivity contribution < 1.29 is 13.4 Å². The number of aromatic nitrogens is 3. The minimum absolute atomic E-state index is 0.0177. The predicted molar refractivity (Wildman–Crippen MR) is 117 cm³/mol. The average molecular weight is 434 g/mol. The van der Waals surface area contributed by atoms with E-state index in [1.165, 1.54) is 6.07 Å². The highest BCUT2D eigenvalue weighted by atomic mass is 32.2. The molecule has 0 saturated carbocycles. The molecule has 31 heavy (non-hydrogen) atoms. The standard InChI is InChI=1S/C23H19FN4O2S/c1-31(30)21-14-28(20-11-15(7-8-18(20)21)22(29)27-9-4-10-27)23-25-12-16(13-26-23)17-5-2-3-6-19(17)24/h2-3,5-8,11-14H,4,9-10H2,1H3. The Hall–Kier alpha value is -3.39. The van der Waals surface area contributed by atoms with Gasteiger partial charge in [0.15, 0.2) is 0 Å². The van der Waals surface area contributed by atoms with Crippen LogP contribution in [-0.2, 0) is 10.8 Å². The molecule has 156 valence electrons. The quantitative estimate of drug-likeness (QED) is 0.490. The van der Waals surface area contributed by atoms with Crippen LogP contribution in [-0.4, -0.2) is 48.9 Å². The van der Waals surface area contributed by atoms with E-state index in [1.807, 2.05) is 6.07 Å². The van der Waals surface area contributed by atoms with Gasteiger partial charge in [-0.1, -0.05) is 24.3 Å². The largest absolute Gasteiger partial charge is 0.339 e. The second-order valence-electron chi connectivity index (χ2n) is 7.45. The highest BCUT2D eigenvalue weighted by Gasteiger charge is 2.23. The molecule has 0 aliphatic carbocycles. The molecule has 2 aromatic heterocycles. The number of carbonyl (C=O) groups excluding carboxylic acids is 1. The number of benzene rings is 2. The maximum atomic E-state index is 14.1. The van der Waals surface area contributed by atoms with Gasteiger partial charge in [-0.25, -0.2) is 14.4 Å². The number of likely N-dealkylation sites (tertiary alicyclic amines) is 1. The van der Waals surface area contributed by atoms with E-state index < -0.39 is 10.8 Å². The van der Waals surface area contributed by atoms with Gasteiger partial charge in [0.1, 0.15) is 5.82 Å². The summed E-state index contributed by atoms with van der Waals surface area (Å²) in [4.78, 5) is 24.0. The second kappa shape index (κ2) is 7.70. The molecule has 1 fully saturated rings. The third kappa shape index (κ3) is 3.42. The molecule has 5 rings (SSSR count). The Morgan fingerprint density at radius 2 is 1.84 bits per heavy atom. The lowest BCUT2D eigenvalue weighted by Crippen LogP contribution is -2.41. The maximum Gasteiger partial charge on any atom is 0.253 e. The molecule has 1 aliphatic heterocycles. The molecule has 1 atom stereocenters. The first kappa shape index (κ1) is 19.6. The van der Waals surface area contributed by atoms with Gasteiger partial charge < -0.3 is 4.90 Å². The average Bonchev–Trinajstić information content (AvgIpc) is 3.12. The number of halogens is 1. The number of fused-ring (bicyclic) bond motifs is 1. The SMILES string of the molecule is CS(=O)c1cn(-c2ncc(-c3ccccc3F)cn2)c2cc(C(=O)N3CCC3)ccc12. The predicted octanol–water partition coefficient (Wildman–Crippen LogP) is 3.81. The van der Waals surface area contributed by atoms with Crippen molar-refractivity contribution in [2.75, 3.05) is 19.3 Å². The van der Waals surface area contributed by atoms with Crippen LogP contribution in [0.25, 0.3) is 28.0 Å². The minimum atomic E-state index is -1.23. The van der Waals surface area contributed by atoms with Crippen LogP contribution >= 0.6 is 0 Å². The lowest BCUT2D eigenvalue weighted by atomic mass is 10.1. The third-order valence-electron chi connectivity index (χ3n) is 5.51. The summed E-state index contributed by atoms with van der Waals surface area (Å²) >= 11 is 0. The Bertz CT molecular complexity index is 1330. The lowest BCUT2D eigenvalue weighted by molar-refractivity contribution is 0.0652. The van der Waals surface area contributed by atoms with Crippen molar-refractivity contribution in [1.82, 2.24) is 19.4 Å². The van der Waals surface area contributed by atoms with E-state index in [9.17, 15) is 13.4 Å². The van der Waals surface area contributed by atoms with Gasteiger partial charge in [0, 0.05) is 60.0 Å². The van der Waals surface area contributed by atoms with Gasteiger partial charge in [0.2, 0.25) is 5.95 Å². The van der Waals surface area contributed by atoms with Crippen LogP contribution in [0.1, 0.15) is 16.8 Å². The van der Waals surface area contributed by atoms with Crippen molar-refractivity contribution in [2.24, 2.45) is 0 Å². The monoisotopic (exact) mass is 434 g/mol. The van der Waals surface area contributed by atoms with Gasteiger partial charge >= 0.3 is 0 Å². The fourth-order valence-electron chi connectivity index (χ4n) is 3.71. The summed E-state index contributed by atoms with van der Waals surface area (Å²) in [6, 6.07) is 11.8. The van der Waals surface area contributed by atoms with Crippen LogP contribution in [0.5, 0.6) is 0 Å². The number of hydrogen-bond donors (Lipinski definition) is 0. The Morgan fingerprint density at radius 1 is 1.10 bits per heavy atom. The van der Waals surface area contributed by atoms with Crippen LogP contribution < -0.4 is 0 Å². The summed E-state index contributed by atoms with van der Waals surface area (Å²) in [5, 5.41) is 0.780. The van der Waals surface area contributed by atoms with Gasteiger partial charge in [-0.2, -0.15) is 0 Å². The van der Waals surface area contributed by atoms with Gasteiger partial charge in [0.05, 0.1) is 21.2 Å². The van der Waals surface area contributed by atoms with E-state index in [-0.39, 0.29) is 11.7 Å². The Balaban J connectivity index is 1.60. The van der Waals surface area contributed by atoms with Crippen LogP contribution in [0.3, 0.4) is 0 Å². The number of hydrogen-bond acceptors (Lipinski definition) is 4. The highest BCUT2D eigenvalue weighted by Crippen LogP contribution is 2.28. The summed E-state index contributed by atoms with van der Waals surface area (Å²) < 4.78 is 28.1. The normalized spacial score (nSPS) is 14.5. The fourth-order valence-corrected chi connectivity index (χ4v) is 4.44. The minimum Gasteiger partial charge on any atom is -0.339 e. The van der Waals surface area contributed by atoms with Crippen molar-refractivity contribution in [2.45, 2.75) is 11.3 Å². The van der Waals surface area contributed by atoms with E-state index in [0.29, 0.717) is 33.1 Å². The molecular formula is C23H19FN4O2S. The van der Waals surface area contributed by atoms with Crippen LogP contribution in [0.2, 0.25) is 0 Å². The molecule has 3 heterocycles. The molecule has 1 amide bonds. The first-order valence-corrected chi connectivity index (χ1v) is 11.4. The number of carbonyl (C=O) groups is 1. The summed E-state index contributed by atoms with van der Waals surface area (Å²) in [7, 11) is -1.23. The van der Waals surface area contributed by atoms with Crippen LogP contribution in [0.15, 0.2) is 66.0 Å². The number of amides is 1. The van der Waals surface area contributed by atoms with Gasteiger partial charge in [-0.15, -0.1) is 0 Å². The van der Waals surface area contributed by atoms with Crippen molar-refractivity contribution in [1.29, 1.82) is 0 Å². The van der Waals surface area contributed by atoms with Crippen LogP contribution in [0, 0.1) is 5.82 Å². The van der Waals surface area contributed by atoms with Crippen molar-refractivity contribution >= 4 is 27.6 Å². The molecule has 1 aliphatic rings. The Morgan fingerprint density at radius 3 is 2.48 bits per heavy atom. The first-order chi connectivity index (χ1) is 15.0. The van der Waals surface area contributed by atoms with E-state index in [2.05, 4.69) is 9.97 Å². The zero-order valence-electron chi connectivity index (χ0n) is 16.8. The third-order valence-corrected chi connectivity index (χ3v) is 6.45. The molecule has 2 aromatic carbocycles. The van der Waals surface area contributed by atoms with E-state index in [0.717, 1.165) is 24.9 Å². The maximum absolute atomic E-state index is 14.1. The smallest absolute Gasteiger partial charge is 0.253 e.